The second kappa shape index (κ2) is 11.7. The first-order valence-electron chi connectivity index (χ1n) is 13.2. The van der Waals surface area contributed by atoms with E-state index in [0.29, 0.717) is 25.5 Å². The van der Waals surface area contributed by atoms with E-state index in [-0.39, 0.29) is 53.7 Å². The van der Waals surface area contributed by atoms with E-state index < -0.39 is 5.82 Å². The number of ketones is 1. The number of aryl methyl sites for hydroxylation is 1. The standard InChI is InChI=1S/C29H29FN6O4/c1-4-40-27(38)12-7-19-13-20(18-5-6-18)14-35-15-21(32-29(19)35)16-36-17-24(33-34-36)25(37)10-8-22-23(31-2)9-11-26(39-3)28(22)30/h9,11,13-15,17-18H,4-8,10,12,16H2,1,3H3. The Labute approximate surface area is 230 Å². The molecule has 5 rings (SSSR count). The van der Waals surface area contributed by atoms with Crippen molar-refractivity contribution in [2.24, 2.45) is 0 Å². The van der Waals surface area contributed by atoms with E-state index in [2.05, 4.69) is 27.4 Å². The second-order valence-corrected chi connectivity index (χ2v) is 9.76. The van der Waals surface area contributed by atoms with Crippen LogP contribution < -0.4 is 4.74 Å². The van der Waals surface area contributed by atoms with Crippen LogP contribution >= 0.6 is 0 Å². The van der Waals surface area contributed by atoms with Gasteiger partial charge in [0.2, 0.25) is 0 Å². The maximum Gasteiger partial charge on any atom is 0.306 e. The lowest BCUT2D eigenvalue weighted by atomic mass is 10.0. The van der Waals surface area contributed by atoms with Gasteiger partial charge in [-0.3, -0.25) is 9.59 Å². The molecule has 1 saturated carbocycles. The molecule has 0 saturated heterocycles. The summed E-state index contributed by atoms with van der Waals surface area (Å²) in [6.07, 6.45) is 8.69. The number of nitrogens with zero attached hydrogens (tertiary/aromatic N) is 6. The van der Waals surface area contributed by atoms with Gasteiger partial charge < -0.3 is 13.9 Å². The Morgan fingerprint density at radius 3 is 2.73 bits per heavy atom. The van der Waals surface area contributed by atoms with Crippen LogP contribution in [0.1, 0.15) is 71.4 Å². The molecule has 0 atom stereocenters. The number of rotatable bonds is 12. The molecule has 1 aliphatic rings. The average Bonchev–Trinajstić information content (AvgIpc) is 3.56. The highest BCUT2D eigenvalue weighted by atomic mass is 19.1. The summed E-state index contributed by atoms with van der Waals surface area (Å²) in [6.45, 7) is 9.74. The van der Waals surface area contributed by atoms with Crippen molar-refractivity contribution in [2.45, 2.75) is 57.9 Å². The van der Waals surface area contributed by atoms with E-state index >= 15 is 0 Å². The van der Waals surface area contributed by atoms with Crippen molar-refractivity contribution in [1.82, 2.24) is 24.4 Å². The molecule has 1 aliphatic carbocycles. The number of fused-ring (bicyclic) bond motifs is 1. The van der Waals surface area contributed by atoms with Crippen LogP contribution in [0, 0.1) is 12.4 Å². The van der Waals surface area contributed by atoms with Gasteiger partial charge in [0.1, 0.15) is 11.3 Å². The van der Waals surface area contributed by atoms with Crippen LogP contribution in [-0.2, 0) is 28.9 Å². The van der Waals surface area contributed by atoms with Gasteiger partial charge in [-0.1, -0.05) is 17.3 Å². The van der Waals surface area contributed by atoms with Crippen molar-refractivity contribution in [3.8, 4) is 5.75 Å². The molecule has 206 valence electrons. The average molecular weight is 545 g/mol. The molecule has 0 bridgehead atoms. The first-order chi connectivity index (χ1) is 19.4. The van der Waals surface area contributed by atoms with Gasteiger partial charge in [0.05, 0.1) is 38.7 Å². The molecular weight excluding hydrogens is 515 g/mol. The third kappa shape index (κ3) is 5.86. The zero-order valence-corrected chi connectivity index (χ0v) is 22.4. The van der Waals surface area contributed by atoms with E-state index in [4.69, 9.17) is 21.0 Å². The highest BCUT2D eigenvalue weighted by Crippen LogP contribution is 2.40. The normalized spacial score (nSPS) is 12.8. The maximum absolute atomic E-state index is 14.7. The van der Waals surface area contributed by atoms with Crippen LogP contribution in [0.2, 0.25) is 0 Å². The van der Waals surface area contributed by atoms with Gasteiger partial charge in [-0.25, -0.2) is 18.9 Å². The number of imidazole rings is 1. The third-order valence-electron chi connectivity index (χ3n) is 6.92. The minimum atomic E-state index is -0.634. The second-order valence-electron chi connectivity index (χ2n) is 9.76. The lowest BCUT2D eigenvalue weighted by Crippen LogP contribution is -2.06. The zero-order chi connectivity index (χ0) is 28.2. The Hall–Kier alpha value is -4.59. The van der Waals surface area contributed by atoms with Crippen molar-refractivity contribution in [3.63, 3.8) is 0 Å². The van der Waals surface area contributed by atoms with E-state index in [0.717, 1.165) is 29.7 Å². The van der Waals surface area contributed by atoms with Crippen LogP contribution in [0.3, 0.4) is 0 Å². The summed E-state index contributed by atoms with van der Waals surface area (Å²) in [7, 11) is 1.35. The van der Waals surface area contributed by atoms with Crippen LogP contribution in [0.4, 0.5) is 10.1 Å². The van der Waals surface area contributed by atoms with Crippen LogP contribution in [0.5, 0.6) is 5.75 Å². The molecule has 3 heterocycles. The summed E-state index contributed by atoms with van der Waals surface area (Å²) in [6, 6.07) is 5.02. The molecule has 0 radical (unpaired) electrons. The van der Waals surface area contributed by atoms with Crippen molar-refractivity contribution in [1.29, 1.82) is 0 Å². The predicted molar refractivity (Wildman–Crippen MR) is 143 cm³/mol. The molecule has 4 aromatic rings. The maximum atomic E-state index is 14.7. The third-order valence-corrected chi connectivity index (χ3v) is 6.92. The number of methoxy groups -OCH3 is 1. The summed E-state index contributed by atoms with van der Waals surface area (Å²) >= 11 is 0. The molecule has 0 N–H and O–H groups in total. The van der Waals surface area contributed by atoms with E-state index in [1.54, 1.807) is 13.1 Å². The lowest BCUT2D eigenvalue weighted by Gasteiger charge is -2.09. The predicted octanol–water partition coefficient (Wildman–Crippen LogP) is 4.86. The van der Waals surface area contributed by atoms with Crippen LogP contribution in [0.15, 0.2) is 36.8 Å². The molecule has 10 nitrogen and oxygen atoms in total. The Balaban J connectivity index is 1.29. The first kappa shape index (κ1) is 27.0. The molecule has 40 heavy (non-hydrogen) atoms. The van der Waals surface area contributed by atoms with Gasteiger partial charge in [-0.15, -0.1) is 5.10 Å². The van der Waals surface area contributed by atoms with Gasteiger partial charge in [0, 0.05) is 25.2 Å². The van der Waals surface area contributed by atoms with Crippen molar-refractivity contribution in [2.75, 3.05) is 13.7 Å². The van der Waals surface area contributed by atoms with Gasteiger partial charge in [-0.2, -0.15) is 0 Å². The van der Waals surface area contributed by atoms with E-state index in [1.165, 1.54) is 29.5 Å². The lowest BCUT2D eigenvalue weighted by molar-refractivity contribution is -0.143. The number of carbonyl (C=O) groups excluding carboxylic acids is 2. The Morgan fingerprint density at radius 2 is 2.00 bits per heavy atom. The molecule has 1 aromatic carbocycles. The minimum Gasteiger partial charge on any atom is -0.494 e. The number of Topliss-reactive ketones (excluding diaryl/α,β-unsaturated/α-hetero) is 1. The zero-order valence-electron chi connectivity index (χ0n) is 22.4. The summed E-state index contributed by atoms with van der Waals surface area (Å²) < 4.78 is 28.3. The first-order valence-corrected chi connectivity index (χ1v) is 13.2. The highest BCUT2D eigenvalue weighted by molar-refractivity contribution is 5.94. The summed E-state index contributed by atoms with van der Waals surface area (Å²) in [5.41, 5.74) is 4.17. The molecular formula is C29H29FN6O4. The number of aromatic nitrogens is 5. The minimum absolute atomic E-state index is 0.0292. The number of benzene rings is 1. The number of hydrogen-bond donors (Lipinski definition) is 0. The molecule has 1 fully saturated rings. The Kier molecular flexibility index (Phi) is 7.86. The van der Waals surface area contributed by atoms with Crippen molar-refractivity contribution < 1.29 is 23.5 Å². The van der Waals surface area contributed by atoms with E-state index in [9.17, 15) is 14.0 Å². The molecule has 0 spiro atoms. The number of esters is 1. The fourth-order valence-corrected chi connectivity index (χ4v) is 4.74. The number of pyridine rings is 1. The van der Waals surface area contributed by atoms with Gasteiger partial charge in [0.25, 0.3) is 0 Å². The molecule has 0 unspecified atom stereocenters. The molecule has 0 amide bonds. The Morgan fingerprint density at radius 1 is 1.18 bits per heavy atom. The van der Waals surface area contributed by atoms with E-state index in [1.807, 2.05) is 10.6 Å². The Bertz CT molecular complexity index is 1610. The monoisotopic (exact) mass is 544 g/mol. The number of halogens is 1. The molecule has 0 aliphatic heterocycles. The van der Waals surface area contributed by atoms with Crippen molar-refractivity contribution >= 4 is 23.1 Å². The van der Waals surface area contributed by atoms with Crippen LogP contribution in [-0.4, -0.2) is 49.8 Å². The summed E-state index contributed by atoms with van der Waals surface area (Å²) in [5.74, 6) is -0.609. The molecule has 11 heteroatoms. The number of ether oxygens (including phenoxy) is 2. The molecule has 3 aromatic heterocycles. The number of carbonyl (C=O) groups is 2. The van der Waals surface area contributed by atoms with Crippen LogP contribution in [0.25, 0.3) is 10.5 Å². The quantitative estimate of drug-likeness (QED) is 0.142. The number of hydrogen-bond acceptors (Lipinski definition) is 7. The smallest absolute Gasteiger partial charge is 0.306 e. The SMILES string of the molecule is [C-]#[N+]c1ccc(OC)c(F)c1CCC(=O)c1cn(Cc2cn3cc(C4CC4)cc(CCC(=O)OCC)c3n2)nn1. The van der Waals surface area contributed by atoms with Crippen molar-refractivity contribution in [3.05, 3.63) is 82.1 Å². The fraction of sp³-hybridized carbons (Fsp3) is 0.379. The largest absolute Gasteiger partial charge is 0.494 e. The summed E-state index contributed by atoms with van der Waals surface area (Å²) in [5, 5.41) is 8.09. The summed E-state index contributed by atoms with van der Waals surface area (Å²) in [4.78, 5) is 32.9. The highest BCUT2D eigenvalue weighted by Gasteiger charge is 2.25. The topological polar surface area (TPSA) is 105 Å². The fourth-order valence-electron chi connectivity index (χ4n) is 4.74. The van der Waals surface area contributed by atoms with Gasteiger partial charge in [-0.05, 0) is 61.3 Å². The van der Waals surface area contributed by atoms with Gasteiger partial charge >= 0.3 is 5.97 Å². The van der Waals surface area contributed by atoms with Gasteiger partial charge in [0.15, 0.2) is 23.0 Å².